The lowest BCUT2D eigenvalue weighted by Crippen LogP contribution is -2.50. The number of hydrogen-bond acceptors (Lipinski definition) is 6. The normalized spacial score (nSPS) is 13.9. The number of ether oxygens (including phenoxy) is 3. The molecule has 0 radical (unpaired) electrons. The van der Waals surface area contributed by atoms with Crippen LogP contribution in [0.5, 0.6) is 5.75 Å². The lowest BCUT2D eigenvalue weighted by molar-refractivity contribution is -0.103. The molecular formula is C27H33NO5. The number of methoxy groups -OCH3 is 1. The van der Waals surface area contributed by atoms with Crippen molar-refractivity contribution in [2.24, 2.45) is 0 Å². The van der Waals surface area contributed by atoms with E-state index in [0.717, 1.165) is 22.4 Å². The van der Waals surface area contributed by atoms with Crippen molar-refractivity contribution in [1.29, 1.82) is 0 Å². The van der Waals surface area contributed by atoms with E-state index in [2.05, 4.69) is 5.32 Å². The van der Waals surface area contributed by atoms with Crippen LogP contribution in [0.25, 0.3) is 0 Å². The van der Waals surface area contributed by atoms with Gasteiger partial charge in [-0.3, -0.25) is 0 Å². The molecule has 0 amide bonds. The second-order valence-corrected chi connectivity index (χ2v) is 7.84. The molecule has 0 aliphatic heterocycles. The predicted molar refractivity (Wildman–Crippen MR) is 128 cm³/mol. The van der Waals surface area contributed by atoms with E-state index in [1.54, 1.807) is 7.11 Å². The van der Waals surface area contributed by atoms with Crippen molar-refractivity contribution >= 4 is 0 Å². The van der Waals surface area contributed by atoms with Gasteiger partial charge in [0.1, 0.15) is 11.9 Å². The highest BCUT2D eigenvalue weighted by atomic mass is 16.5. The maximum absolute atomic E-state index is 11.1. The van der Waals surface area contributed by atoms with Crippen LogP contribution in [0, 0.1) is 0 Å². The molecule has 0 fully saturated rings. The molecule has 3 aromatic rings. The summed E-state index contributed by atoms with van der Waals surface area (Å²) in [7, 11) is 1.63. The average Bonchev–Trinajstić information content (AvgIpc) is 2.88. The van der Waals surface area contributed by atoms with Crippen LogP contribution in [-0.2, 0) is 29.2 Å². The van der Waals surface area contributed by atoms with Gasteiger partial charge < -0.3 is 29.7 Å². The van der Waals surface area contributed by atoms with Crippen molar-refractivity contribution < 1.29 is 24.4 Å². The first-order valence-electron chi connectivity index (χ1n) is 11.1. The van der Waals surface area contributed by atoms with E-state index in [4.69, 9.17) is 14.2 Å². The van der Waals surface area contributed by atoms with Crippen LogP contribution in [0.1, 0.15) is 16.7 Å². The first kappa shape index (κ1) is 24.9. The van der Waals surface area contributed by atoms with Gasteiger partial charge in [0.15, 0.2) is 0 Å². The molecule has 33 heavy (non-hydrogen) atoms. The summed E-state index contributed by atoms with van der Waals surface area (Å²) in [6, 6.07) is 26.7. The third kappa shape index (κ3) is 8.28. The predicted octanol–water partition coefficient (Wildman–Crippen LogP) is 3.31. The van der Waals surface area contributed by atoms with E-state index in [9.17, 15) is 10.2 Å². The minimum absolute atomic E-state index is 0.198. The Morgan fingerprint density at radius 3 is 1.97 bits per heavy atom. The molecule has 0 aliphatic carbocycles. The van der Waals surface area contributed by atoms with Gasteiger partial charge in [0.05, 0.1) is 45.7 Å². The average molecular weight is 452 g/mol. The molecule has 6 heteroatoms. The largest absolute Gasteiger partial charge is 0.497 e. The molecule has 3 N–H and O–H groups in total. The number of hydrogen-bond donors (Lipinski definition) is 3. The second-order valence-electron chi connectivity index (χ2n) is 7.84. The van der Waals surface area contributed by atoms with Crippen molar-refractivity contribution in [3.63, 3.8) is 0 Å². The molecule has 176 valence electrons. The molecule has 0 aromatic heterocycles. The topological polar surface area (TPSA) is 80.2 Å². The monoisotopic (exact) mass is 451 g/mol. The molecule has 0 unspecified atom stereocenters. The maximum Gasteiger partial charge on any atom is 0.118 e. The van der Waals surface area contributed by atoms with Crippen molar-refractivity contribution in [1.82, 2.24) is 5.32 Å². The van der Waals surface area contributed by atoms with E-state index in [0.29, 0.717) is 19.8 Å². The number of rotatable bonds is 14. The number of nitrogens with one attached hydrogen (secondary N) is 1. The zero-order valence-corrected chi connectivity index (χ0v) is 19.0. The Morgan fingerprint density at radius 1 is 0.788 bits per heavy atom. The van der Waals surface area contributed by atoms with Crippen LogP contribution >= 0.6 is 0 Å². The van der Waals surface area contributed by atoms with E-state index >= 15 is 0 Å². The zero-order chi connectivity index (χ0) is 23.3. The van der Waals surface area contributed by atoms with Crippen LogP contribution in [0.15, 0.2) is 84.9 Å². The molecule has 0 saturated carbocycles. The Hall–Kier alpha value is -2.74. The highest BCUT2D eigenvalue weighted by Crippen LogP contribution is 2.14. The van der Waals surface area contributed by atoms with Crippen LogP contribution in [-0.4, -0.2) is 48.8 Å². The van der Waals surface area contributed by atoms with Gasteiger partial charge >= 0.3 is 0 Å². The molecule has 0 saturated heterocycles. The SMILES string of the molecule is COc1ccc(CN[C@H](CO)[C@@H](O)[C@@H](COCc2ccccc2)OCc2ccccc2)cc1. The zero-order valence-electron chi connectivity index (χ0n) is 19.0. The summed E-state index contributed by atoms with van der Waals surface area (Å²) in [6.07, 6.45) is -1.58. The minimum Gasteiger partial charge on any atom is -0.497 e. The molecule has 6 nitrogen and oxygen atoms in total. The summed E-state index contributed by atoms with van der Waals surface area (Å²) in [6.45, 7) is 1.21. The number of aliphatic hydroxyl groups excluding tert-OH is 2. The van der Waals surface area contributed by atoms with Crippen molar-refractivity contribution in [2.45, 2.75) is 38.0 Å². The highest BCUT2D eigenvalue weighted by molar-refractivity contribution is 5.27. The van der Waals surface area contributed by atoms with Gasteiger partial charge in [0.25, 0.3) is 0 Å². The Labute approximate surface area is 195 Å². The standard InChI is InChI=1S/C27H33NO5/c1-31-24-14-12-21(13-15-24)16-28-25(17-29)27(30)26(33-19-23-10-6-3-7-11-23)20-32-18-22-8-4-2-5-9-22/h2-15,25-30H,16-20H2,1H3/t25-,26-,27-/m1/s1. The van der Waals surface area contributed by atoms with Crippen LogP contribution in [0.2, 0.25) is 0 Å². The van der Waals surface area contributed by atoms with E-state index in [-0.39, 0.29) is 13.2 Å². The third-order valence-corrected chi connectivity index (χ3v) is 5.42. The van der Waals surface area contributed by atoms with Gasteiger partial charge in [0, 0.05) is 6.54 Å². The summed E-state index contributed by atoms with van der Waals surface area (Å²) in [5.74, 6) is 0.780. The highest BCUT2D eigenvalue weighted by Gasteiger charge is 2.28. The Balaban J connectivity index is 1.60. The quantitative estimate of drug-likeness (QED) is 0.349. The summed E-state index contributed by atoms with van der Waals surface area (Å²) in [4.78, 5) is 0. The molecule has 0 aliphatic rings. The maximum atomic E-state index is 11.1. The van der Waals surface area contributed by atoms with Crippen molar-refractivity contribution in [2.75, 3.05) is 20.3 Å². The van der Waals surface area contributed by atoms with Crippen molar-refractivity contribution in [3.05, 3.63) is 102 Å². The van der Waals surface area contributed by atoms with Gasteiger partial charge in [-0.2, -0.15) is 0 Å². The fraction of sp³-hybridized carbons (Fsp3) is 0.333. The lowest BCUT2D eigenvalue weighted by Gasteiger charge is -2.30. The first-order chi connectivity index (χ1) is 16.2. The van der Waals surface area contributed by atoms with E-state index in [1.165, 1.54) is 0 Å². The summed E-state index contributed by atoms with van der Waals surface area (Å²) in [5.41, 5.74) is 3.07. The molecule has 3 aromatic carbocycles. The van der Waals surface area contributed by atoms with E-state index < -0.39 is 18.2 Å². The number of aliphatic hydroxyl groups is 2. The van der Waals surface area contributed by atoms with Crippen LogP contribution in [0.3, 0.4) is 0 Å². The van der Waals surface area contributed by atoms with Gasteiger partial charge in [-0.15, -0.1) is 0 Å². The fourth-order valence-electron chi connectivity index (χ4n) is 3.43. The summed E-state index contributed by atoms with van der Waals surface area (Å²) < 4.78 is 17.1. The number of benzene rings is 3. The van der Waals surface area contributed by atoms with Gasteiger partial charge in [-0.05, 0) is 28.8 Å². The van der Waals surface area contributed by atoms with Crippen LogP contribution in [0.4, 0.5) is 0 Å². The van der Waals surface area contributed by atoms with Gasteiger partial charge in [-0.1, -0.05) is 72.8 Å². The molecule has 0 bridgehead atoms. The summed E-state index contributed by atoms with van der Waals surface area (Å²) in [5, 5.41) is 24.2. The third-order valence-electron chi connectivity index (χ3n) is 5.42. The summed E-state index contributed by atoms with van der Waals surface area (Å²) >= 11 is 0. The molecule has 3 rings (SSSR count). The van der Waals surface area contributed by atoms with Gasteiger partial charge in [-0.25, -0.2) is 0 Å². The minimum atomic E-state index is -0.965. The smallest absolute Gasteiger partial charge is 0.118 e. The molecular weight excluding hydrogens is 418 g/mol. The second kappa shape index (κ2) is 13.7. The van der Waals surface area contributed by atoms with Gasteiger partial charge in [0.2, 0.25) is 0 Å². The molecule has 0 heterocycles. The molecule has 0 spiro atoms. The Morgan fingerprint density at radius 2 is 1.39 bits per heavy atom. The first-order valence-corrected chi connectivity index (χ1v) is 11.1. The Bertz CT molecular complexity index is 905. The fourth-order valence-corrected chi connectivity index (χ4v) is 3.43. The Kier molecular flexibility index (Phi) is 10.4. The van der Waals surface area contributed by atoms with Crippen LogP contribution < -0.4 is 10.1 Å². The molecule has 3 atom stereocenters. The van der Waals surface area contributed by atoms with E-state index in [1.807, 2.05) is 84.9 Å². The van der Waals surface area contributed by atoms with Crippen molar-refractivity contribution in [3.8, 4) is 5.75 Å². The lowest BCUT2D eigenvalue weighted by atomic mass is 10.1.